The largest absolute Gasteiger partial charge is 0.0914 e. The van der Waals surface area contributed by atoms with Crippen molar-refractivity contribution in [3.05, 3.63) is 47.0 Å². The molecule has 2 saturated carbocycles. The molecule has 0 saturated heterocycles. The monoisotopic (exact) mass is 378 g/mol. The van der Waals surface area contributed by atoms with Gasteiger partial charge in [0.15, 0.2) is 0 Å². The molecule has 0 heteroatoms. The summed E-state index contributed by atoms with van der Waals surface area (Å²) in [6.07, 6.45) is 23.3. The van der Waals surface area contributed by atoms with E-state index in [9.17, 15) is 0 Å². The molecular weight excluding hydrogens is 336 g/mol. The molecule has 3 aliphatic carbocycles. The topological polar surface area (TPSA) is 0 Å². The van der Waals surface area contributed by atoms with Crippen LogP contribution in [0.5, 0.6) is 0 Å². The Hall–Kier alpha value is -1.04. The fourth-order valence-electron chi connectivity index (χ4n) is 6.81. The molecule has 0 bridgehead atoms. The third-order valence-corrected chi connectivity index (χ3v) is 8.43. The third-order valence-electron chi connectivity index (χ3n) is 8.43. The van der Waals surface area contributed by atoms with Gasteiger partial charge in [0.2, 0.25) is 0 Å². The van der Waals surface area contributed by atoms with Crippen molar-refractivity contribution in [1.29, 1.82) is 0 Å². The van der Waals surface area contributed by atoms with Crippen LogP contribution in [0.15, 0.2) is 30.4 Å². The lowest BCUT2D eigenvalue weighted by Crippen LogP contribution is -2.34. The van der Waals surface area contributed by atoms with E-state index < -0.39 is 0 Å². The Kier molecular flexibility index (Phi) is 6.97. The van der Waals surface area contributed by atoms with Crippen LogP contribution in [0.3, 0.4) is 0 Å². The Labute approximate surface area is 174 Å². The molecule has 28 heavy (non-hydrogen) atoms. The number of hydrogen-bond acceptors (Lipinski definition) is 0. The van der Waals surface area contributed by atoms with Crippen LogP contribution in [0, 0.1) is 29.6 Å². The molecule has 0 radical (unpaired) electrons. The van der Waals surface area contributed by atoms with E-state index in [0.29, 0.717) is 0 Å². The molecule has 1 aromatic rings. The summed E-state index contributed by atoms with van der Waals surface area (Å²) in [5.41, 5.74) is 4.96. The van der Waals surface area contributed by atoms with Crippen LogP contribution in [0.1, 0.15) is 94.7 Å². The van der Waals surface area contributed by atoms with Gasteiger partial charge < -0.3 is 0 Å². The molecule has 0 spiro atoms. The molecule has 0 nitrogen and oxygen atoms in total. The van der Waals surface area contributed by atoms with Gasteiger partial charge in [0, 0.05) is 0 Å². The van der Waals surface area contributed by atoms with Crippen LogP contribution in [0.2, 0.25) is 0 Å². The summed E-state index contributed by atoms with van der Waals surface area (Å²) in [5.74, 6) is 4.94. The van der Waals surface area contributed by atoms with Crippen molar-refractivity contribution in [3.8, 4) is 0 Å². The van der Waals surface area contributed by atoms with Crippen molar-refractivity contribution in [2.45, 2.75) is 97.3 Å². The number of aryl methyl sites for hydroxylation is 2. The van der Waals surface area contributed by atoms with E-state index >= 15 is 0 Å². The quantitative estimate of drug-likeness (QED) is 0.348. The SMILES string of the molecule is CC=C[C@@H]1CC[C@@H]2CC(C3CCc4cc(CCCCC)ccc4C3)CC[C@@H]2C1. The summed E-state index contributed by atoms with van der Waals surface area (Å²) in [6, 6.07) is 7.49. The Bertz CT molecular complexity index is 654. The molecule has 0 aliphatic heterocycles. The number of rotatable bonds is 6. The maximum atomic E-state index is 2.56. The van der Waals surface area contributed by atoms with Crippen LogP contribution in [0.25, 0.3) is 0 Å². The minimum absolute atomic E-state index is 0.885. The second-order valence-electron chi connectivity index (χ2n) is 10.3. The molecule has 4 rings (SSSR count). The zero-order valence-corrected chi connectivity index (χ0v) is 18.5. The van der Waals surface area contributed by atoms with Gasteiger partial charge in [-0.25, -0.2) is 0 Å². The molecule has 0 amide bonds. The van der Waals surface area contributed by atoms with E-state index in [1.165, 1.54) is 77.0 Å². The lowest BCUT2D eigenvalue weighted by Gasteiger charge is -2.44. The van der Waals surface area contributed by atoms with Gasteiger partial charge in [-0.3, -0.25) is 0 Å². The average molecular weight is 379 g/mol. The first-order valence-electron chi connectivity index (χ1n) is 12.5. The minimum Gasteiger partial charge on any atom is -0.0914 e. The Morgan fingerprint density at radius 2 is 1.64 bits per heavy atom. The van der Waals surface area contributed by atoms with E-state index in [1.807, 2.05) is 0 Å². The summed E-state index contributed by atoms with van der Waals surface area (Å²) < 4.78 is 0. The first-order chi connectivity index (χ1) is 13.8. The summed E-state index contributed by atoms with van der Waals surface area (Å²) in [4.78, 5) is 0. The second-order valence-corrected chi connectivity index (χ2v) is 10.3. The van der Waals surface area contributed by atoms with E-state index in [-0.39, 0.29) is 0 Å². The van der Waals surface area contributed by atoms with Gasteiger partial charge in [0.1, 0.15) is 0 Å². The highest BCUT2D eigenvalue weighted by Crippen LogP contribution is 2.48. The third kappa shape index (κ3) is 4.74. The fourth-order valence-corrected chi connectivity index (χ4v) is 6.81. The Morgan fingerprint density at radius 3 is 2.46 bits per heavy atom. The predicted octanol–water partition coefficient (Wildman–Crippen LogP) is 7.93. The summed E-state index contributed by atoms with van der Waals surface area (Å²) in [5, 5.41) is 0. The maximum Gasteiger partial charge on any atom is -0.0231 e. The van der Waals surface area contributed by atoms with Crippen molar-refractivity contribution in [2.24, 2.45) is 29.6 Å². The standard InChI is InChI=1S/C28H42/c1-3-5-6-8-22-10-12-26-20-28(16-14-24(26)18-22)27-15-13-23-17-21(7-4-2)9-11-25(23)19-27/h4,7,10,12,18,21,23,25,27-28H,3,5-6,8-9,11,13-17,19-20H2,1-2H3/t21-,23-,25-,27?,28?/m1/s1. The van der Waals surface area contributed by atoms with E-state index in [2.05, 4.69) is 44.2 Å². The molecule has 5 atom stereocenters. The first kappa shape index (κ1) is 20.2. The van der Waals surface area contributed by atoms with Crippen molar-refractivity contribution in [3.63, 3.8) is 0 Å². The molecule has 2 unspecified atom stereocenters. The second kappa shape index (κ2) is 9.64. The van der Waals surface area contributed by atoms with Crippen LogP contribution in [-0.4, -0.2) is 0 Å². The highest BCUT2D eigenvalue weighted by Gasteiger charge is 2.38. The van der Waals surface area contributed by atoms with Crippen molar-refractivity contribution >= 4 is 0 Å². The number of fused-ring (bicyclic) bond motifs is 2. The number of unbranched alkanes of at least 4 members (excludes halogenated alkanes) is 2. The summed E-state index contributed by atoms with van der Waals surface area (Å²) in [6.45, 7) is 4.49. The van der Waals surface area contributed by atoms with Crippen molar-refractivity contribution in [1.82, 2.24) is 0 Å². The lowest BCUT2D eigenvalue weighted by molar-refractivity contribution is 0.0810. The molecule has 3 aliphatic rings. The zero-order valence-electron chi connectivity index (χ0n) is 18.5. The van der Waals surface area contributed by atoms with Gasteiger partial charge in [-0.15, -0.1) is 0 Å². The van der Waals surface area contributed by atoms with Gasteiger partial charge in [-0.05, 0) is 124 Å². The molecule has 2 fully saturated rings. The minimum atomic E-state index is 0.885. The zero-order chi connectivity index (χ0) is 19.3. The van der Waals surface area contributed by atoms with Crippen LogP contribution < -0.4 is 0 Å². The van der Waals surface area contributed by atoms with Gasteiger partial charge in [-0.2, -0.15) is 0 Å². The summed E-state index contributed by atoms with van der Waals surface area (Å²) >= 11 is 0. The number of benzene rings is 1. The van der Waals surface area contributed by atoms with E-state index in [4.69, 9.17) is 0 Å². The van der Waals surface area contributed by atoms with E-state index in [1.54, 1.807) is 23.1 Å². The van der Waals surface area contributed by atoms with Crippen LogP contribution >= 0.6 is 0 Å². The highest BCUT2D eigenvalue weighted by molar-refractivity contribution is 5.34. The smallest absolute Gasteiger partial charge is 0.0231 e. The van der Waals surface area contributed by atoms with E-state index in [0.717, 1.165) is 29.6 Å². The van der Waals surface area contributed by atoms with Gasteiger partial charge in [0.25, 0.3) is 0 Å². The lowest BCUT2D eigenvalue weighted by atomic mass is 9.61. The van der Waals surface area contributed by atoms with Gasteiger partial charge >= 0.3 is 0 Å². The Balaban J connectivity index is 1.32. The van der Waals surface area contributed by atoms with Crippen LogP contribution in [-0.2, 0) is 19.3 Å². The van der Waals surface area contributed by atoms with Crippen molar-refractivity contribution in [2.75, 3.05) is 0 Å². The van der Waals surface area contributed by atoms with Crippen LogP contribution in [0.4, 0.5) is 0 Å². The molecular formula is C28H42. The highest BCUT2D eigenvalue weighted by atomic mass is 14.4. The van der Waals surface area contributed by atoms with Gasteiger partial charge in [-0.1, -0.05) is 50.1 Å². The van der Waals surface area contributed by atoms with Gasteiger partial charge in [0.05, 0.1) is 0 Å². The average Bonchev–Trinajstić information content (AvgIpc) is 2.73. The summed E-state index contributed by atoms with van der Waals surface area (Å²) in [7, 11) is 0. The fraction of sp³-hybridized carbons (Fsp3) is 0.714. The predicted molar refractivity (Wildman–Crippen MR) is 122 cm³/mol. The molecule has 0 heterocycles. The first-order valence-corrected chi connectivity index (χ1v) is 12.5. The molecule has 0 N–H and O–H groups in total. The molecule has 1 aromatic carbocycles. The normalized spacial score (nSPS) is 32.9. The number of allylic oxidation sites excluding steroid dienone is 2. The molecule has 154 valence electrons. The number of hydrogen-bond donors (Lipinski definition) is 0. The molecule has 0 aromatic heterocycles. The Morgan fingerprint density at radius 1 is 0.857 bits per heavy atom. The maximum absolute atomic E-state index is 2.56. The van der Waals surface area contributed by atoms with Crippen molar-refractivity contribution < 1.29 is 0 Å².